The fourth-order valence-corrected chi connectivity index (χ4v) is 4.36. The van der Waals surface area contributed by atoms with E-state index in [0.717, 1.165) is 11.1 Å². The van der Waals surface area contributed by atoms with Gasteiger partial charge in [-0.3, -0.25) is 14.4 Å². The molecule has 37 heavy (non-hydrogen) atoms. The van der Waals surface area contributed by atoms with Crippen LogP contribution in [0.2, 0.25) is 0 Å². The summed E-state index contributed by atoms with van der Waals surface area (Å²) in [7, 11) is 0. The molecule has 0 aliphatic carbocycles. The molecule has 1 saturated heterocycles. The summed E-state index contributed by atoms with van der Waals surface area (Å²) in [6, 6.07) is 13.8. The van der Waals surface area contributed by atoms with Gasteiger partial charge in [0.05, 0.1) is 6.10 Å². The SMILES string of the molecule is CC(O)C(N)C(=O)NC(Cc1ccccc1)C(=O)NC(Cc1ccccc1)C(=O)N1CCCC1C(=O)O. The van der Waals surface area contributed by atoms with Crippen LogP contribution in [0.4, 0.5) is 0 Å². The lowest BCUT2D eigenvalue weighted by atomic mass is 10.0. The molecule has 0 saturated carbocycles. The van der Waals surface area contributed by atoms with Crippen LogP contribution in [0, 0.1) is 0 Å². The standard InChI is InChI=1S/C27H34N4O6/c1-17(32)23(28)25(34)29-20(15-18-9-4-2-5-10-18)24(33)30-21(16-19-11-6-3-7-12-19)26(35)31-14-8-13-22(31)27(36)37/h2-7,9-12,17,20-23,32H,8,13-16,28H2,1H3,(H,29,34)(H,30,33)(H,36,37). The van der Waals surface area contributed by atoms with Crippen molar-refractivity contribution in [2.24, 2.45) is 5.73 Å². The molecule has 5 unspecified atom stereocenters. The van der Waals surface area contributed by atoms with Crippen LogP contribution in [0.25, 0.3) is 0 Å². The summed E-state index contributed by atoms with van der Waals surface area (Å²) in [6.07, 6.45) is 0.0396. The predicted molar refractivity (Wildman–Crippen MR) is 136 cm³/mol. The number of nitrogens with two attached hydrogens (primary N) is 1. The van der Waals surface area contributed by atoms with Crippen LogP contribution >= 0.6 is 0 Å². The van der Waals surface area contributed by atoms with Crippen molar-refractivity contribution in [1.29, 1.82) is 0 Å². The predicted octanol–water partition coefficient (Wildman–Crippen LogP) is 0.225. The van der Waals surface area contributed by atoms with Gasteiger partial charge in [0.1, 0.15) is 24.2 Å². The van der Waals surface area contributed by atoms with E-state index in [0.29, 0.717) is 12.8 Å². The van der Waals surface area contributed by atoms with Crippen LogP contribution in [0.5, 0.6) is 0 Å². The number of carbonyl (C=O) groups is 4. The summed E-state index contributed by atoms with van der Waals surface area (Å²) >= 11 is 0. The number of rotatable bonds is 11. The van der Waals surface area contributed by atoms with Crippen LogP contribution < -0.4 is 16.4 Å². The normalized spacial score (nSPS) is 18.4. The molecule has 6 N–H and O–H groups in total. The van der Waals surface area contributed by atoms with E-state index in [1.807, 2.05) is 36.4 Å². The number of nitrogens with one attached hydrogen (secondary N) is 2. The Morgan fingerprint density at radius 3 is 1.95 bits per heavy atom. The molecule has 3 amide bonds. The highest BCUT2D eigenvalue weighted by Gasteiger charge is 2.38. The zero-order valence-corrected chi connectivity index (χ0v) is 20.7. The average Bonchev–Trinajstić information content (AvgIpc) is 3.38. The van der Waals surface area contributed by atoms with Gasteiger partial charge in [-0.2, -0.15) is 0 Å². The van der Waals surface area contributed by atoms with Gasteiger partial charge in [-0.1, -0.05) is 60.7 Å². The van der Waals surface area contributed by atoms with Crippen molar-refractivity contribution in [3.8, 4) is 0 Å². The molecule has 0 aromatic heterocycles. The van der Waals surface area contributed by atoms with Gasteiger partial charge in [0.25, 0.3) is 0 Å². The van der Waals surface area contributed by atoms with E-state index < -0.39 is 54.0 Å². The number of amides is 3. The Morgan fingerprint density at radius 1 is 0.919 bits per heavy atom. The molecular weight excluding hydrogens is 476 g/mol. The fraction of sp³-hybridized carbons (Fsp3) is 0.407. The minimum atomic E-state index is -1.24. The Morgan fingerprint density at radius 2 is 1.43 bits per heavy atom. The molecule has 2 aromatic rings. The monoisotopic (exact) mass is 510 g/mol. The molecule has 3 rings (SSSR count). The van der Waals surface area contributed by atoms with Crippen molar-refractivity contribution in [1.82, 2.24) is 15.5 Å². The lowest BCUT2D eigenvalue weighted by molar-refractivity contribution is -0.149. The molecular formula is C27H34N4O6. The number of carboxylic acids is 1. The third kappa shape index (κ3) is 7.61. The summed E-state index contributed by atoms with van der Waals surface area (Å²) in [6.45, 7) is 1.66. The maximum absolute atomic E-state index is 13.5. The van der Waals surface area contributed by atoms with E-state index in [9.17, 15) is 29.4 Å². The van der Waals surface area contributed by atoms with Crippen molar-refractivity contribution in [2.45, 2.75) is 62.9 Å². The Labute approximate surface area is 215 Å². The molecule has 5 atom stereocenters. The lowest BCUT2D eigenvalue weighted by Gasteiger charge is -2.29. The number of hydrogen-bond donors (Lipinski definition) is 5. The average molecular weight is 511 g/mol. The zero-order chi connectivity index (χ0) is 26.9. The number of aliphatic hydroxyl groups is 1. The van der Waals surface area contributed by atoms with Crippen LogP contribution in [0.1, 0.15) is 30.9 Å². The highest BCUT2D eigenvalue weighted by atomic mass is 16.4. The first-order valence-corrected chi connectivity index (χ1v) is 12.3. The van der Waals surface area contributed by atoms with E-state index in [2.05, 4.69) is 10.6 Å². The van der Waals surface area contributed by atoms with Crippen LogP contribution in [-0.2, 0) is 32.0 Å². The molecule has 1 fully saturated rings. The highest BCUT2D eigenvalue weighted by Crippen LogP contribution is 2.20. The lowest BCUT2D eigenvalue weighted by Crippen LogP contribution is -2.59. The molecule has 10 heteroatoms. The second-order valence-corrected chi connectivity index (χ2v) is 9.30. The van der Waals surface area contributed by atoms with Gasteiger partial charge < -0.3 is 31.5 Å². The molecule has 0 spiro atoms. The summed E-state index contributed by atoms with van der Waals surface area (Å²) < 4.78 is 0. The number of likely N-dealkylation sites (tertiary alicyclic amines) is 1. The van der Waals surface area contributed by atoms with Gasteiger partial charge in [-0.25, -0.2) is 4.79 Å². The van der Waals surface area contributed by atoms with E-state index >= 15 is 0 Å². The number of aliphatic carboxylic acids is 1. The first-order valence-electron chi connectivity index (χ1n) is 12.3. The van der Waals surface area contributed by atoms with Crippen molar-refractivity contribution in [3.05, 3.63) is 71.8 Å². The molecule has 1 heterocycles. The van der Waals surface area contributed by atoms with E-state index in [1.54, 1.807) is 24.3 Å². The highest BCUT2D eigenvalue weighted by molar-refractivity contribution is 5.94. The molecule has 1 aliphatic rings. The maximum Gasteiger partial charge on any atom is 0.326 e. The maximum atomic E-state index is 13.5. The van der Waals surface area contributed by atoms with Gasteiger partial charge >= 0.3 is 5.97 Å². The summed E-state index contributed by atoms with van der Waals surface area (Å²) in [5.74, 6) is -2.90. The largest absolute Gasteiger partial charge is 0.480 e. The smallest absolute Gasteiger partial charge is 0.326 e. The Hall–Kier alpha value is -3.76. The Balaban J connectivity index is 1.85. The van der Waals surface area contributed by atoms with Crippen molar-refractivity contribution >= 4 is 23.7 Å². The third-order valence-corrected chi connectivity index (χ3v) is 6.46. The topological polar surface area (TPSA) is 162 Å². The zero-order valence-electron chi connectivity index (χ0n) is 20.7. The van der Waals surface area contributed by atoms with Crippen LogP contribution in [0.15, 0.2) is 60.7 Å². The Kier molecular flexibility index (Phi) is 9.76. The van der Waals surface area contributed by atoms with E-state index in [-0.39, 0.29) is 19.4 Å². The number of nitrogens with zero attached hydrogens (tertiary/aromatic N) is 1. The van der Waals surface area contributed by atoms with Gasteiger partial charge in [0.15, 0.2) is 0 Å². The molecule has 0 radical (unpaired) electrons. The number of aliphatic hydroxyl groups excluding tert-OH is 1. The van der Waals surface area contributed by atoms with Crippen LogP contribution in [0.3, 0.4) is 0 Å². The first kappa shape index (κ1) is 27.8. The number of carboxylic acid groups (broad SMARTS) is 1. The molecule has 198 valence electrons. The second-order valence-electron chi connectivity index (χ2n) is 9.30. The van der Waals surface area contributed by atoms with Gasteiger partial charge in [-0.05, 0) is 30.9 Å². The summed E-state index contributed by atoms with van der Waals surface area (Å²) in [4.78, 5) is 52.6. The minimum absolute atomic E-state index is 0.124. The van der Waals surface area contributed by atoms with E-state index in [1.165, 1.54) is 11.8 Å². The second kappa shape index (κ2) is 13.0. The molecule has 0 bridgehead atoms. The fourth-order valence-electron chi connectivity index (χ4n) is 4.36. The number of benzene rings is 2. The number of carbonyl (C=O) groups excluding carboxylic acids is 3. The van der Waals surface area contributed by atoms with Crippen molar-refractivity contribution < 1.29 is 29.4 Å². The van der Waals surface area contributed by atoms with Crippen LogP contribution in [-0.4, -0.2) is 75.6 Å². The molecule has 2 aromatic carbocycles. The molecule has 1 aliphatic heterocycles. The number of hydrogen-bond acceptors (Lipinski definition) is 6. The van der Waals surface area contributed by atoms with E-state index in [4.69, 9.17) is 5.73 Å². The quantitative estimate of drug-likeness (QED) is 0.289. The van der Waals surface area contributed by atoms with Crippen molar-refractivity contribution in [3.63, 3.8) is 0 Å². The van der Waals surface area contributed by atoms with Gasteiger partial charge in [0.2, 0.25) is 17.7 Å². The minimum Gasteiger partial charge on any atom is -0.480 e. The molecule has 10 nitrogen and oxygen atoms in total. The van der Waals surface area contributed by atoms with Gasteiger partial charge in [-0.15, -0.1) is 0 Å². The first-order chi connectivity index (χ1) is 17.7. The third-order valence-electron chi connectivity index (χ3n) is 6.46. The van der Waals surface area contributed by atoms with Gasteiger partial charge in [0, 0.05) is 19.4 Å². The summed E-state index contributed by atoms with van der Waals surface area (Å²) in [5, 5.41) is 24.6. The Bertz CT molecular complexity index is 1080. The summed E-state index contributed by atoms with van der Waals surface area (Å²) in [5.41, 5.74) is 7.32. The van der Waals surface area contributed by atoms with Crippen molar-refractivity contribution in [2.75, 3.05) is 6.54 Å².